The fourth-order valence-corrected chi connectivity index (χ4v) is 2.04. The van der Waals surface area contributed by atoms with E-state index in [9.17, 15) is 4.79 Å². The van der Waals surface area contributed by atoms with Crippen molar-refractivity contribution in [2.45, 2.75) is 19.9 Å². The first-order chi connectivity index (χ1) is 10.7. The molecule has 0 aromatic heterocycles. The van der Waals surface area contributed by atoms with Gasteiger partial charge in [0.1, 0.15) is 6.07 Å². The lowest BCUT2D eigenvalue weighted by Gasteiger charge is -2.08. The van der Waals surface area contributed by atoms with Crippen LogP contribution in [0, 0.1) is 18.3 Å². The Kier molecular flexibility index (Phi) is 5.70. The third kappa shape index (κ3) is 4.72. The number of amides is 1. The molecule has 2 N–H and O–H groups in total. The average Bonchev–Trinajstić information content (AvgIpc) is 2.54. The van der Waals surface area contributed by atoms with Gasteiger partial charge in [0.25, 0.3) is 0 Å². The van der Waals surface area contributed by atoms with E-state index in [0.717, 1.165) is 6.54 Å². The molecule has 2 rings (SSSR count). The molecule has 0 saturated heterocycles. The number of aryl methyl sites for hydroxylation is 1. The van der Waals surface area contributed by atoms with Crippen molar-refractivity contribution in [2.75, 3.05) is 11.9 Å². The predicted octanol–water partition coefficient (Wildman–Crippen LogP) is 2.99. The van der Waals surface area contributed by atoms with E-state index in [-0.39, 0.29) is 5.91 Å². The number of hydrogen-bond acceptors (Lipinski definition) is 3. The lowest BCUT2D eigenvalue weighted by molar-refractivity contribution is -0.116. The van der Waals surface area contributed by atoms with E-state index in [2.05, 4.69) is 47.9 Å². The summed E-state index contributed by atoms with van der Waals surface area (Å²) in [6, 6.07) is 17.3. The predicted molar refractivity (Wildman–Crippen MR) is 87.3 cm³/mol. The van der Waals surface area contributed by atoms with Crippen molar-refractivity contribution < 1.29 is 4.79 Å². The van der Waals surface area contributed by atoms with Crippen molar-refractivity contribution >= 4 is 11.6 Å². The van der Waals surface area contributed by atoms with Gasteiger partial charge in [0.05, 0.1) is 11.3 Å². The number of anilines is 1. The largest absolute Gasteiger partial charge is 0.325 e. The molecule has 0 aliphatic carbocycles. The molecule has 2 aromatic carbocycles. The molecule has 1 amide bonds. The molecular formula is C18H19N3O. The van der Waals surface area contributed by atoms with Gasteiger partial charge < -0.3 is 10.6 Å². The van der Waals surface area contributed by atoms with Crippen LogP contribution in [0.3, 0.4) is 0 Å². The summed E-state index contributed by atoms with van der Waals surface area (Å²) in [4.78, 5) is 11.9. The summed E-state index contributed by atoms with van der Waals surface area (Å²) in [7, 11) is 0. The minimum Gasteiger partial charge on any atom is -0.325 e. The van der Waals surface area contributed by atoms with E-state index in [1.54, 1.807) is 24.3 Å². The summed E-state index contributed by atoms with van der Waals surface area (Å²) in [5, 5.41) is 15.0. The maximum absolute atomic E-state index is 11.9. The molecule has 2 aromatic rings. The van der Waals surface area contributed by atoms with Crippen molar-refractivity contribution in [3.05, 3.63) is 65.2 Å². The van der Waals surface area contributed by atoms with Gasteiger partial charge >= 0.3 is 0 Å². The molecule has 0 unspecified atom stereocenters. The molecule has 4 nitrogen and oxygen atoms in total. The van der Waals surface area contributed by atoms with Gasteiger partial charge in [-0.1, -0.05) is 42.0 Å². The molecule has 4 heteroatoms. The molecule has 0 atom stereocenters. The second-order valence-corrected chi connectivity index (χ2v) is 5.12. The van der Waals surface area contributed by atoms with Gasteiger partial charge in [0.2, 0.25) is 5.91 Å². The highest BCUT2D eigenvalue weighted by Crippen LogP contribution is 2.13. The van der Waals surface area contributed by atoms with Crippen LogP contribution >= 0.6 is 0 Å². The van der Waals surface area contributed by atoms with E-state index in [1.165, 1.54) is 11.1 Å². The minimum atomic E-state index is -0.0980. The minimum absolute atomic E-state index is 0.0980. The molecule has 0 aliphatic rings. The number of benzene rings is 2. The van der Waals surface area contributed by atoms with Crippen molar-refractivity contribution in [3.8, 4) is 6.07 Å². The highest BCUT2D eigenvalue weighted by Gasteiger charge is 2.05. The fourth-order valence-electron chi connectivity index (χ4n) is 2.04. The molecule has 0 aliphatic heterocycles. The van der Waals surface area contributed by atoms with Crippen LogP contribution in [-0.4, -0.2) is 12.5 Å². The fraction of sp³-hybridized carbons (Fsp3) is 0.222. The van der Waals surface area contributed by atoms with Gasteiger partial charge in [-0.15, -0.1) is 0 Å². The number of carbonyl (C=O) groups excluding carboxylic acids is 1. The van der Waals surface area contributed by atoms with Crippen molar-refractivity contribution in [1.82, 2.24) is 5.32 Å². The van der Waals surface area contributed by atoms with Crippen LogP contribution in [0.1, 0.15) is 23.1 Å². The van der Waals surface area contributed by atoms with E-state index in [0.29, 0.717) is 24.2 Å². The Hall–Kier alpha value is -2.64. The Morgan fingerprint density at radius 1 is 1.14 bits per heavy atom. The zero-order valence-corrected chi connectivity index (χ0v) is 12.6. The molecular weight excluding hydrogens is 274 g/mol. The van der Waals surface area contributed by atoms with Crippen molar-refractivity contribution in [1.29, 1.82) is 5.26 Å². The quantitative estimate of drug-likeness (QED) is 0.805. The van der Waals surface area contributed by atoms with Gasteiger partial charge in [-0.25, -0.2) is 0 Å². The van der Waals surface area contributed by atoms with Crippen LogP contribution in [-0.2, 0) is 11.3 Å². The van der Waals surface area contributed by atoms with Gasteiger partial charge in [-0.2, -0.15) is 5.26 Å². The number of nitrogens with zero attached hydrogens (tertiary/aromatic N) is 1. The van der Waals surface area contributed by atoms with Crippen LogP contribution in [0.2, 0.25) is 0 Å². The third-order valence-corrected chi connectivity index (χ3v) is 3.30. The summed E-state index contributed by atoms with van der Waals surface area (Å²) in [5.74, 6) is -0.0980. The normalized spacial score (nSPS) is 10.0. The molecule has 0 radical (unpaired) electrons. The summed E-state index contributed by atoms with van der Waals surface area (Å²) in [6.45, 7) is 3.39. The number of hydrogen-bond donors (Lipinski definition) is 2. The van der Waals surface area contributed by atoms with Crippen molar-refractivity contribution in [3.63, 3.8) is 0 Å². The maximum atomic E-state index is 11.9. The van der Waals surface area contributed by atoms with Crippen LogP contribution in [0.5, 0.6) is 0 Å². The number of nitrogens with one attached hydrogen (secondary N) is 2. The third-order valence-electron chi connectivity index (χ3n) is 3.30. The maximum Gasteiger partial charge on any atom is 0.225 e. The van der Waals surface area contributed by atoms with Gasteiger partial charge in [-0.3, -0.25) is 4.79 Å². The Morgan fingerprint density at radius 2 is 1.86 bits per heavy atom. The second kappa shape index (κ2) is 7.96. The number of para-hydroxylation sites is 1. The Morgan fingerprint density at radius 3 is 2.59 bits per heavy atom. The van der Waals surface area contributed by atoms with Crippen LogP contribution < -0.4 is 10.6 Å². The lowest BCUT2D eigenvalue weighted by atomic mass is 10.1. The van der Waals surface area contributed by atoms with E-state index >= 15 is 0 Å². The topological polar surface area (TPSA) is 64.9 Å². The van der Waals surface area contributed by atoms with Crippen LogP contribution in [0.15, 0.2) is 48.5 Å². The first kappa shape index (κ1) is 15.7. The Bertz CT molecular complexity index is 671. The van der Waals surface area contributed by atoms with Gasteiger partial charge in [0.15, 0.2) is 0 Å². The molecule has 0 saturated carbocycles. The van der Waals surface area contributed by atoms with Gasteiger partial charge in [-0.05, 0) is 24.6 Å². The average molecular weight is 293 g/mol. The van der Waals surface area contributed by atoms with E-state index < -0.39 is 0 Å². The zero-order chi connectivity index (χ0) is 15.8. The number of carbonyl (C=O) groups is 1. The van der Waals surface area contributed by atoms with Gasteiger partial charge in [0, 0.05) is 19.5 Å². The number of rotatable bonds is 6. The smallest absolute Gasteiger partial charge is 0.225 e. The first-order valence-corrected chi connectivity index (χ1v) is 7.24. The molecule has 0 spiro atoms. The molecule has 22 heavy (non-hydrogen) atoms. The van der Waals surface area contributed by atoms with Crippen LogP contribution in [0.25, 0.3) is 0 Å². The highest BCUT2D eigenvalue weighted by atomic mass is 16.1. The zero-order valence-electron chi connectivity index (χ0n) is 12.6. The molecule has 0 fully saturated rings. The molecule has 0 bridgehead atoms. The first-order valence-electron chi connectivity index (χ1n) is 7.24. The monoisotopic (exact) mass is 293 g/mol. The molecule has 0 heterocycles. The lowest BCUT2D eigenvalue weighted by Crippen LogP contribution is -2.21. The number of nitriles is 1. The summed E-state index contributed by atoms with van der Waals surface area (Å²) < 4.78 is 0. The standard InChI is InChI=1S/C18H19N3O/c1-14-6-8-15(9-7-14)13-20-11-10-18(22)21-17-5-3-2-4-16(17)12-19/h2-9,20H,10-11,13H2,1H3,(H,21,22). The van der Waals surface area contributed by atoms with Crippen LogP contribution in [0.4, 0.5) is 5.69 Å². The SMILES string of the molecule is Cc1ccc(CNCCC(=O)Nc2ccccc2C#N)cc1. The summed E-state index contributed by atoms with van der Waals surface area (Å²) >= 11 is 0. The van der Waals surface area contributed by atoms with E-state index in [4.69, 9.17) is 5.26 Å². The van der Waals surface area contributed by atoms with E-state index in [1.807, 2.05) is 0 Å². The molecule has 112 valence electrons. The summed E-state index contributed by atoms with van der Waals surface area (Å²) in [6.07, 6.45) is 0.367. The second-order valence-electron chi connectivity index (χ2n) is 5.12. The highest BCUT2D eigenvalue weighted by molar-refractivity contribution is 5.92. The van der Waals surface area contributed by atoms with Crippen molar-refractivity contribution in [2.24, 2.45) is 0 Å². The Labute approximate surface area is 130 Å². The Balaban J connectivity index is 1.74. The summed E-state index contributed by atoms with van der Waals surface area (Å²) in [5.41, 5.74) is 3.47.